The van der Waals surface area contributed by atoms with E-state index in [4.69, 9.17) is 0 Å². The minimum absolute atomic E-state index is 0. The van der Waals surface area contributed by atoms with Crippen LogP contribution in [0.25, 0.3) is 0 Å². The van der Waals surface area contributed by atoms with Crippen LogP contribution < -0.4 is 0 Å². The molecule has 8 heavy (non-hydrogen) atoms. The molecule has 0 rings (SSSR count). The Labute approximate surface area is 75.8 Å². The van der Waals surface area contributed by atoms with Crippen molar-refractivity contribution in [2.24, 2.45) is 0 Å². The van der Waals surface area contributed by atoms with E-state index in [1.54, 1.807) is 0 Å². The van der Waals surface area contributed by atoms with Gasteiger partial charge < -0.3 is 38.3 Å². The van der Waals surface area contributed by atoms with Crippen molar-refractivity contribution in [1.29, 1.82) is 0 Å². The molecule has 8 heteroatoms. The van der Waals surface area contributed by atoms with Crippen molar-refractivity contribution in [2.75, 3.05) is 0 Å². The van der Waals surface area contributed by atoms with Crippen molar-refractivity contribution in [1.82, 2.24) is 0 Å². The van der Waals surface area contributed by atoms with E-state index in [-0.39, 0.29) is 76.1 Å². The van der Waals surface area contributed by atoms with E-state index in [1.807, 2.05) is 0 Å². The maximum absolute atomic E-state index is 0. The Bertz CT molecular complexity index is 4.35. The standard InChI is InChI=1S/Ca.7H2O.2H/h;7*1H2;;. The van der Waals surface area contributed by atoms with Crippen LogP contribution in [0.15, 0.2) is 0 Å². The molecule has 0 unspecified atom stereocenters. The van der Waals surface area contributed by atoms with Gasteiger partial charge in [-0.25, -0.2) is 0 Å². The van der Waals surface area contributed by atoms with Gasteiger partial charge in [-0.1, -0.05) is 0 Å². The molecule has 0 aliphatic carbocycles. The Morgan fingerprint density at radius 2 is 0.250 bits per heavy atom. The molecular formula is H16CaO7. The molecule has 14 N–H and O–H groups in total. The molecule has 0 saturated carbocycles. The summed E-state index contributed by atoms with van der Waals surface area (Å²) >= 11 is 0. The van der Waals surface area contributed by atoms with E-state index in [2.05, 4.69) is 0 Å². The van der Waals surface area contributed by atoms with Gasteiger partial charge in [-0.15, -0.1) is 0 Å². The van der Waals surface area contributed by atoms with E-state index < -0.39 is 0 Å². The second-order valence-corrected chi connectivity index (χ2v) is 0. The molecule has 0 fully saturated rings. The summed E-state index contributed by atoms with van der Waals surface area (Å²) in [7, 11) is 0. The number of hydrogen-bond acceptors (Lipinski definition) is 0. The predicted octanol–water partition coefficient (Wildman–Crippen LogP) is -6.69. The SMILES string of the molecule is O.O.O.O.O.O.O.[CaH2]. The van der Waals surface area contributed by atoms with Crippen LogP contribution in [-0.4, -0.2) is 76.1 Å². The van der Waals surface area contributed by atoms with E-state index in [0.29, 0.717) is 0 Å². The molecule has 0 aliphatic rings. The van der Waals surface area contributed by atoms with Gasteiger partial charge >= 0.3 is 37.7 Å². The quantitative estimate of drug-likeness (QED) is 0.307. The molecule has 0 radical (unpaired) electrons. The summed E-state index contributed by atoms with van der Waals surface area (Å²) in [5.74, 6) is 0. The molecule has 7 nitrogen and oxygen atoms in total. The predicted molar refractivity (Wildman–Crippen MR) is 33.8 cm³/mol. The van der Waals surface area contributed by atoms with Crippen molar-refractivity contribution in [3.8, 4) is 0 Å². The fourth-order valence-electron chi connectivity index (χ4n) is 0. The second kappa shape index (κ2) is 405. The van der Waals surface area contributed by atoms with Gasteiger partial charge in [-0.3, -0.25) is 0 Å². The van der Waals surface area contributed by atoms with Crippen molar-refractivity contribution >= 4 is 37.7 Å². The average molecular weight is 168 g/mol. The average Bonchev–Trinajstić information content (AvgIpc) is 0. The van der Waals surface area contributed by atoms with E-state index in [9.17, 15) is 0 Å². The molecule has 0 aromatic heterocycles. The zero-order valence-electron chi connectivity index (χ0n) is 3.50. The maximum atomic E-state index is 0. The third kappa shape index (κ3) is 260. The Kier molecular flexibility index (Phi) is 30200. The summed E-state index contributed by atoms with van der Waals surface area (Å²) in [5.41, 5.74) is 0. The summed E-state index contributed by atoms with van der Waals surface area (Å²) in [4.78, 5) is 0. The van der Waals surface area contributed by atoms with Crippen molar-refractivity contribution in [2.45, 2.75) is 0 Å². The number of rotatable bonds is 0. The first-order valence-electron chi connectivity index (χ1n) is 0. The molecule has 0 aliphatic heterocycles. The van der Waals surface area contributed by atoms with Gasteiger partial charge in [0.05, 0.1) is 0 Å². The zero-order valence-corrected chi connectivity index (χ0v) is 3.50. The molecular weight excluding hydrogens is 152 g/mol. The van der Waals surface area contributed by atoms with Gasteiger partial charge in [0.2, 0.25) is 0 Å². The third-order valence-corrected chi connectivity index (χ3v) is 0. The van der Waals surface area contributed by atoms with Gasteiger partial charge in [-0.2, -0.15) is 0 Å². The molecule has 0 saturated heterocycles. The van der Waals surface area contributed by atoms with Crippen LogP contribution in [-0.2, 0) is 0 Å². The van der Waals surface area contributed by atoms with E-state index in [0.717, 1.165) is 0 Å². The first kappa shape index (κ1) is 596. The molecule has 0 spiro atoms. The van der Waals surface area contributed by atoms with Crippen molar-refractivity contribution in [3.05, 3.63) is 0 Å². The van der Waals surface area contributed by atoms with Crippen LogP contribution in [0.3, 0.4) is 0 Å². The third-order valence-electron chi connectivity index (χ3n) is 0. The Balaban J connectivity index is 0. The first-order valence-corrected chi connectivity index (χ1v) is 0. The van der Waals surface area contributed by atoms with E-state index >= 15 is 0 Å². The summed E-state index contributed by atoms with van der Waals surface area (Å²) in [6.07, 6.45) is 0. The first-order chi connectivity index (χ1) is 0. The topological polar surface area (TPSA) is 220 Å². The van der Waals surface area contributed by atoms with Crippen LogP contribution in [0.4, 0.5) is 0 Å². The van der Waals surface area contributed by atoms with Crippen LogP contribution in [0.5, 0.6) is 0 Å². The molecule has 0 bridgehead atoms. The Morgan fingerprint density at radius 1 is 0.250 bits per heavy atom. The van der Waals surface area contributed by atoms with Gasteiger partial charge in [0.25, 0.3) is 0 Å². The van der Waals surface area contributed by atoms with Gasteiger partial charge in [-0.05, 0) is 0 Å². The molecule has 0 amide bonds. The molecule has 0 heterocycles. The van der Waals surface area contributed by atoms with Crippen LogP contribution in [0.1, 0.15) is 0 Å². The van der Waals surface area contributed by atoms with Crippen LogP contribution in [0.2, 0.25) is 0 Å². The fourth-order valence-corrected chi connectivity index (χ4v) is 0. The van der Waals surface area contributed by atoms with Crippen LogP contribution in [0, 0.1) is 0 Å². The van der Waals surface area contributed by atoms with Gasteiger partial charge in [0.1, 0.15) is 0 Å². The molecule has 0 atom stereocenters. The zero-order chi connectivity index (χ0) is 0. The van der Waals surface area contributed by atoms with Gasteiger partial charge in [0, 0.05) is 0 Å². The molecule has 60 valence electrons. The van der Waals surface area contributed by atoms with Crippen molar-refractivity contribution in [3.63, 3.8) is 0 Å². The summed E-state index contributed by atoms with van der Waals surface area (Å²) in [5, 5.41) is 0. The molecule has 0 aromatic rings. The Morgan fingerprint density at radius 3 is 0.250 bits per heavy atom. The second-order valence-electron chi connectivity index (χ2n) is 0. The van der Waals surface area contributed by atoms with Crippen molar-refractivity contribution < 1.29 is 38.3 Å². The van der Waals surface area contributed by atoms with Gasteiger partial charge in [0.15, 0.2) is 0 Å². The minimum atomic E-state index is 0. The Hall–Kier alpha value is 0.980. The van der Waals surface area contributed by atoms with Crippen LogP contribution >= 0.6 is 0 Å². The normalized spacial score (nSPS) is 0. The summed E-state index contributed by atoms with van der Waals surface area (Å²) in [6.45, 7) is 0. The van der Waals surface area contributed by atoms with E-state index in [1.165, 1.54) is 0 Å². The number of hydrogen-bond donors (Lipinski definition) is 0. The monoisotopic (exact) mass is 168 g/mol. The summed E-state index contributed by atoms with van der Waals surface area (Å²) in [6, 6.07) is 0. The molecule has 0 aromatic carbocycles. The summed E-state index contributed by atoms with van der Waals surface area (Å²) < 4.78 is 0. The fraction of sp³-hybridized carbons (Fsp3) is 0.